The number of carbonyl (C=O) groups excluding carboxylic acids is 2. The Morgan fingerprint density at radius 1 is 1.47 bits per heavy atom. The Morgan fingerprint density at radius 2 is 2.24 bits per heavy atom. The van der Waals surface area contributed by atoms with Gasteiger partial charge < -0.3 is 14.4 Å². The lowest BCUT2D eigenvalue weighted by molar-refractivity contribution is -0.128. The molecule has 1 amide bonds. The lowest BCUT2D eigenvalue weighted by atomic mass is 10.4. The van der Waals surface area contributed by atoms with Gasteiger partial charge in [-0.2, -0.15) is 0 Å². The van der Waals surface area contributed by atoms with Gasteiger partial charge in [0, 0.05) is 38.8 Å². The highest BCUT2D eigenvalue weighted by Crippen LogP contribution is 2.23. The van der Waals surface area contributed by atoms with Crippen LogP contribution in [0.3, 0.4) is 0 Å². The number of likely N-dealkylation sites (tertiary alicyclic amines) is 1. The van der Waals surface area contributed by atoms with Crippen molar-refractivity contribution in [3.63, 3.8) is 0 Å². The zero-order valence-corrected chi connectivity index (χ0v) is 11.1. The lowest BCUT2D eigenvalue weighted by Gasteiger charge is -2.16. The second-order valence-electron chi connectivity index (χ2n) is 3.88. The summed E-state index contributed by atoms with van der Waals surface area (Å²) in [6, 6.07) is 0. The van der Waals surface area contributed by atoms with Gasteiger partial charge in [0.25, 0.3) is 0 Å². The summed E-state index contributed by atoms with van der Waals surface area (Å²) in [5.74, 6) is 0.110. The molecule has 0 saturated carbocycles. The molecule has 1 rings (SSSR count). The molecule has 1 aliphatic rings. The molecule has 0 radical (unpaired) electrons. The highest BCUT2D eigenvalue weighted by atomic mass is 32.2. The molecule has 17 heavy (non-hydrogen) atoms. The average molecular weight is 261 g/mol. The minimum Gasteiger partial charge on any atom is -0.382 e. The Labute approximate surface area is 106 Å². The Balaban J connectivity index is 2.17. The third kappa shape index (κ3) is 5.52. The van der Waals surface area contributed by atoms with Crippen molar-refractivity contribution >= 4 is 22.8 Å². The van der Waals surface area contributed by atoms with Crippen LogP contribution in [0.4, 0.5) is 0 Å². The predicted octanol–water partition coefficient (Wildman–Crippen LogP) is 0.530. The van der Waals surface area contributed by atoms with Gasteiger partial charge in [0.1, 0.15) is 0 Å². The van der Waals surface area contributed by atoms with Crippen LogP contribution in [-0.4, -0.2) is 61.2 Å². The van der Waals surface area contributed by atoms with Gasteiger partial charge in [-0.15, -0.1) is 0 Å². The molecular weight excluding hydrogens is 242 g/mol. The van der Waals surface area contributed by atoms with Gasteiger partial charge in [0.15, 0.2) is 5.12 Å². The van der Waals surface area contributed by atoms with Crippen molar-refractivity contribution in [2.24, 2.45) is 0 Å². The molecule has 0 aromatic heterocycles. The number of amides is 1. The monoisotopic (exact) mass is 261 g/mol. The van der Waals surface area contributed by atoms with Crippen LogP contribution in [0, 0.1) is 0 Å². The molecule has 98 valence electrons. The number of hydrogen-bond donors (Lipinski definition) is 0. The van der Waals surface area contributed by atoms with Gasteiger partial charge in [0.05, 0.1) is 19.8 Å². The van der Waals surface area contributed by atoms with Gasteiger partial charge in [-0.25, -0.2) is 0 Å². The number of rotatable bonds is 7. The Bertz CT molecular complexity index is 272. The molecule has 0 bridgehead atoms. The lowest BCUT2D eigenvalue weighted by Crippen LogP contribution is -2.29. The Kier molecular flexibility index (Phi) is 6.54. The van der Waals surface area contributed by atoms with Crippen molar-refractivity contribution in [2.75, 3.05) is 40.0 Å². The molecule has 1 aliphatic heterocycles. The molecule has 1 atom stereocenters. The predicted molar refractivity (Wildman–Crippen MR) is 66.0 cm³/mol. The van der Waals surface area contributed by atoms with E-state index in [9.17, 15) is 9.59 Å². The summed E-state index contributed by atoms with van der Waals surface area (Å²) in [6.07, 6.45) is 0.461. The molecular formula is C11H19NO4S. The van der Waals surface area contributed by atoms with E-state index in [1.165, 1.54) is 18.7 Å². The van der Waals surface area contributed by atoms with E-state index in [2.05, 4.69) is 0 Å². The molecule has 0 N–H and O–H groups in total. The highest BCUT2D eigenvalue weighted by molar-refractivity contribution is 8.14. The molecule has 1 unspecified atom stereocenters. The maximum Gasteiger partial charge on any atom is 0.223 e. The molecule has 1 saturated heterocycles. The second kappa shape index (κ2) is 7.68. The van der Waals surface area contributed by atoms with Crippen molar-refractivity contribution in [2.45, 2.75) is 18.6 Å². The molecule has 0 aliphatic carbocycles. The number of thioether (sulfide) groups is 1. The molecule has 6 heteroatoms. The van der Waals surface area contributed by atoms with E-state index in [-0.39, 0.29) is 16.3 Å². The summed E-state index contributed by atoms with van der Waals surface area (Å²) in [6.45, 7) is 4.41. The van der Waals surface area contributed by atoms with Gasteiger partial charge in [0.2, 0.25) is 5.91 Å². The van der Waals surface area contributed by atoms with E-state index in [0.717, 1.165) is 0 Å². The summed E-state index contributed by atoms with van der Waals surface area (Å²) in [7, 11) is 1.62. The topological polar surface area (TPSA) is 55.8 Å². The Hall–Kier alpha value is -0.590. The third-order valence-electron chi connectivity index (χ3n) is 2.45. The highest BCUT2D eigenvalue weighted by Gasteiger charge is 2.30. The Morgan fingerprint density at radius 3 is 2.88 bits per heavy atom. The second-order valence-corrected chi connectivity index (χ2v) is 5.36. The first-order valence-corrected chi connectivity index (χ1v) is 6.53. The van der Waals surface area contributed by atoms with Crippen molar-refractivity contribution in [3.05, 3.63) is 0 Å². The molecule has 5 nitrogen and oxygen atoms in total. The van der Waals surface area contributed by atoms with Crippen LogP contribution in [0.1, 0.15) is 13.3 Å². The fraction of sp³-hybridized carbons (Fsp3) is 0.818. The van der Waals surface area contributed by atoms with Gasteiger partial charge in [-0.1, -0.05) is 11.8 Å². The van der Waals surface area contributed by atoms with Crippen LogP contribution in [0.25, 0.3) is 0 Å². The van der Waals surface area contributed by atoms with Crippen molar-refractivity contribution in [1.82, 2.24) is 4.90 Å². The normalized spacial score (nSPS) is 20.0. The standard InChI is InChI=1S/C11H19NO4S/c1-9(13)17-10-7-11(14)12(8-10)3-4-16-6-5-15-2/h10H,3-8H2,1-2H3. The summed E-state index contributed by atoms with van der Waals surface area (Å²) in [4.78, 5) is 24.3. The zero-order chi connectivity index (χ0) is 12.7. The summed E-state index contributed by atoms with van der Waals surface area (Å²) in [5, 5.41) is 0.181. The number of carbonyl (C=O) groups is 2. The maximum absolute atomic E-state index is 11.6. The zero-order valence-electron chi connectivity index (χ0n) is 10.3. The van der Waals surface area contributed by atoms with Crippen LogP contribution in [0.15, 0.2) is 0 Å². The molecule has 0 aromatic carbocycles. The van der Waals surface area contributed by atoms with E-state index in [1.807, 2.05) is 0 Å². The van der Waals surface area contributed by atoms with Crippen molar-refractivity contribution in [1.29, 1.82) is 0 Å². The van der Waals surface area contributed by atoms with Gasteiger partial charge >= 0.3 is 0 Å². The summed E-state index contributed by atoms with van der Waals surface area (Å²) in [5.41, 5.74) is 0. The molecule has 1 heterocycles. The summed E-state index contributed by atoms with van der Waals surface area (Å²) >= 11 is 1.25. The van der Waals surface area contributed by atoms with E-state index in [0.29, 0.717) is 39.3 Å². The quantitative estimate of drug-likeness (QED) is 0.626. The third-order valence-corrected chi connectivity index (χ3v) is 3.43. The molecule has 1 fully saturated rings. The average Bonchev–Trinajstić information content (AvgIpc) is 2.58. The SMILES string of the molecule is COCCOCCN1CC(SC(C)=O)CC1=O. The van der Waals surface area contributed by atoms with Crippen LogP contribution >= 0.6 is 11.8 Å². The van der Waals surface area contributed by atoms with E-state index in [4.69, 9.17) is 9.47 Å². The first kappa shape index (κ1) is 14.5. The molecule has 0 aromatic rings. The van der Waals surface area contributed by atoms with Gasteiger partial charge in [-0.3, -0.25) is 9.59 Å². The van der Waals surface area contributed by atoms with Crippen molar-refractivity contribution < 1.29 is 19.1 Å². The number of hydrogen-bond acceptors (Lipinski definition) is 5. The number of methoxy groups -OCH3 is 1. The minimum absolute atomic E-state index is 0.0704. The number of nitrogens with zero attached hydrogens (tertiary/aromatic N) is 1. The van der Waals surface area contributed by atoms with E-state index in [1.54, 1.807) is 12.0 Å². The minimum atomic E-state index is 0.0704. The number of ether oxygens (including phenoxy) is 2. The van der Waals surface area contributed by atoms with Crippen LogP contribution < -0.4 is 0 Å². The smallest absolute Gasteiger partial charge is 0.223 e. The summed E-state index contributed by atoms with van der Waals surface area (Å²) < 4.78 is 10.2. The van der Waals surface area contributed by atoms with E-state index >= 15 is 0 Å². The maximum atomic E-state index is 11.6. The van der Waals surface area contributed by atoms with Crippen LogP contribution in [0.5, 0.6) is 0 Å². The first-order chi connectivity index (χ1) is 8.13. The molecule has 0 spiro atoms. The largest absolute Gasteiger partial charge is 0.382 e. The van der Waals surface area contributed by atoms with Crippen molar-refractivity contribution in [3.8, 4) is 0 Å². The van der Waals surface area contributed by atoms with Crippen LogP contribution in [-0.2, 0) is 19.1 Å². The van der Waals surface area contributed by atoms with Gasteiger partial charge in [-0.05, 0) is 0 Å². The fourth-order valence-electron chi connectivity index (χ4n) is 1.68. The fourth-order valence-corrected chi connectivity index (χ4v) is 2.63. The van der Waals surface area contributed by atoms with Crippen LogP contribution in [0.2, 0.25) is 0 Å². The first-order valence-electron chi connectivity index (χ1n) is 5.65. The van der Waals surface area contributed by atoms with E-state index < -0.39 is 0 Å².